The summed E-state index contributed by atoms with van der Waals surface area (Å²) in [5, 5.41) is 6.19. The Kier molecular flexibility index (Phi) is 6.21. The second-order valence-electron chi connectivity index (χ2n) is 8.90. The molecule has 6 nitrogen and oxygen atoms in total. The first-order valence-corrected chi connectivity index (χ1v) is 11.8. The number of piperidine rings is 1. The highest BCUT2D eigenvalue weighted by Crippen LogP contribution is 2.34. The number of amides is 2. The predicted octanol–water partition coefficient (Wildman–Crippen LogP) is 4.39. The number of aromatic amines is 1. The third-order valence-corrected chi connectivity index (χ3v) is 6.88. The molecule has 0 aliphatic carbocycles. The average molecular weight is 456 g/mol. The van der Waals surface area contributed by atoms with E-state index in [9.17, 15) is 9.59 Å². The van der Waals surface area contributed by atoms with Crippen molar-refractivity contribution in [1.82, 2.24) is 15.2 Å². The number of carbonyl (C=O) groups is 2. The normalized spacial score (nSPS) is 14.4. The molecule has 3 aromatic carbocycles. The average Bonchev–Trinajstić information content (AvgIpc) is 3.31. The van der Waals surface area contributed by atoms with Crippen LogP contribution in [-0.4, -0.2) is 48.4 Å². The molecule has 2 amide bonds. The molecule has 4 aromatic rings. The van der Waals surface area contributed by atoms with Crippen LogP contribution >= 0.6 is 0 Å². The van der Waals surface area contributed by atoms with Gasteiger partial charge in [-0.2, -0.15) is 0 Å². The van der Waals surface area contributed by atoms with Crippen molar-refractivity contribution in [3.8, 4) is 5.75 Å². The number of methoxy groups -OCH3 is 1. The highest BCUT2D eigenvalue weighted by Gasteiger charge is 2.25. The van der Waals surface area contributed by atoms with Gasteiger partial charge in [0, 0.05) is 30.2 Å². The fourth-order valence-corrected chi connectivity index (χ4v) is 4.99. The number of carbonyl (C=O) groups excluding carboxylic acids is 2. The molecule has 2 N–H and O–H groups in total. The van der Waals surface area contributed by atoms with E-state index in [1.807, 2.05) is 59.5 Å². The smallest absolute Gasteiger partial charge is 0.241 e. The maximum atomic E-state index is 12.7. The molecule has 0 saturated carbocycles. The van der Waals surface area contributed by atoms with Gasteiger partial charge in [0.25, 0.3) is 0 Å². The fraction of sp³-hybridized carbons (Fsp3) is 0.286. The number of H-pyrrole nitrogens is 1. The SMILES string of the molecule is COc1ccc2[nH]cc(C3CCN(C(=O)CNC(=O)Cc4cccc5ccccc45)CC3)c2c1. The topological polar surface area (TPSA) is 74.4 Å². The standard InChI is InChI=1S/C28H29N3O3/c1-34-22-9-10-26-24(16-22)25(17-29-26)20-11-13-31(14-12-20)28(33)18-30-27(32)15-21-7-4-6-19-5-2-3-8-23(19)21/h2-10,16-17,20,29H,11-15,18H2,1H3,(H,30,32). The van der Waals surface area contributed by atoms with E-state index in [1.54, 1.807) is 7.11 Å². The van der Waals surface area contributed by atoms with Crippen LogP contribution in [0.3, 0.4) is 0 Å². The van der Waals surface area contributed by atoms with Crippen LogP contribution in [0.2, 0.25) is 0 Å². The fourth-order valence-electron chi connectivity index (χ4n) is 4.99. The Hall–Kier alpha value is -3.80. The van der Waals surface area contributed by atoms with E-state index in [0.29, 0.717) is 19.0 Å². The van der Waals surface area contributed by atoms with E-state index < -0.39 is 0 Å². The number of hydrogen-bond donors (Lipinski definition) is 2. The van der Waals surface area contributed by atoms with E-state index >= 15 is 0 Å². The van der Waals surface area contributed by atoms with E-state index in [4.69, 9.17) is 4.74 Å². The van der Waals surface area contributed by atoms with Crippen LogP contribution in [0.4, 0.5) is 0 Å². The second-order valence-corrected chi connectivity index (χ2v) is 8.90. The molecule has 1 aromatic heterocycles. The number of hydrogen-bond acceptors (Lipinski definition) is 3. The molecular weight excluding hydrogens is 426 g/mol. The highest BCUT2D eigenvalue weighted by molar-refractivity contribution is 5.91. The van der Waals surface area contributed by atoms with Crippen molar-refractivity contribution in [2.45, 2.75) is 25.2 Å². The highest BCUT2D eigenvalue weighted by atomic mass is 16.5. The van der Waals surface area contributed by atoms with Gasteiger partial charge >= 0.3 is 0 Å². The summed E-state index contributed by atoms with van der Waals surface area (Å²) < 4.78 is 5.39. The summed E-state index contributed by atoms with van der Waals surface area (Å²) in [5.41, 5.74) is 3.35. The Morgan fingerprint density at radius 2 is 1.82 bits per heavy atom. The van der Waals surface area contributed by atoms with Gasteiger partial charge in [-0.15, -0.1) is 0 Å². The van der Waals surface area contributed by atoms with E-state index in [2.05, 4.69) is 22.6 Å². The molecule has 1 saturated heterocycles. The third kappa shape index (κ3) is 4.49. The lowest BCUT2D eigenvalue weighted by atomic mass is 9.89. The molecule has 6 heteroatoms. The monoisotopic (exact) mass is 455 g/mol. The van der Waals surface area contributed by atoms with Crippen LogP contribution in [0, 0.1) is 0 Å². The van der Waals surface area contributed by atoms with Gasteiger partial charge in [-0.05, 0) is 58.9 Å². The van der Waals surface area contributed by atoms with Crippen LogP contribution in [-0.2, 0) is 16.0 Å². The molecule has 0 unspecified atom stereocenters. The molecule has 174 valence electrons. The Balaban J connectivity index is 1.15. The summed E-state index contributed by atoms with van der Waals surface area (Å²) >= 11 is 0. The maximum Gasteiger partial charge on any atom is 0.241 e. The van der Waals surface area contributed by atoms with Gasteiger partial charge in [0.05, 0.1) is 20.1 Å². The third-order valence-electron chi connectivity index (χ3n) is 6.88. The molecule has 0 spiro atoms. The molecule has 1 fully saturated rings. The van der Waals surface area contributed by atoms with Gasteiger partial charge in [-0.25, -0.2) is 0 Å². The van der Waals surface area contributed by atoms with Crippen LogP contribution in [0.15, 0.2) is 66.9 Å². The van der Waals surface area contributed by atoms with Gasteiger partial charge in [0.2, 0.25) is 11.8 Å². The first-order chi connectivity index (χ1) is 16.6. The molecule has 34 heavy (non-hydrogen) atoms. The number of rotatable bonds is 6. The van der Waals surface area contributed by atoms with Gasteiger partial charge in [-0.3, -0.25) is 9.59 Å². The first-order valence-electron chi connectivity index (χ1n) is 11.8. The molecule has 1 aliphatic heterocycles. The molecule has 1 aliphatic rings. The number of benzene rings is 3. The van der Waals surface area contributed by atoms with Crippen LogP contribution in [0.5, 0.6) is 5.75 Å². The van der Waals surface area contributed by atoms with Crippen molar-refractivity contribution in [3.63, 3.8) is 0 Å². The van der Waals surface area contributed by atoms with Gasteiger partial charge < -0.3 is 19.9 Å². The summed E-state index contributed by atoms with van der Waals surface area (Å²) in [6, 6.07) is 20.1. The predicted molar refractivity (Wildman–Crippen MR) is 134 cm³/mol. The minimum absolute atomic E-state index is 0.0229. The van der Waals surface area contributed by atoms with Crippen molar-refractivity contribution in [1.29, 1.82) is 0 Å². The van der Waals surface area contributed by atoms with Crippen LogP contribution in [0.25, 0.3) is 21.7 Å². The zero-order chi connectivity index (χ0) is 23.5. The minimum Gasteiger partial charge on any atom is -0.497 e. The van der Waals surface area contributed by atoms with Gasteiger partial charge in [-0.1, -0.05) is 42.5 Å². The lowest BCUT2D eigenvalue weighted by Gasteiger charge is -2.32. The quantitative estimate of drug-likeness (QED) is 0.453. The van der Waals surface area contributed by atoms with Crippen molar-refractivity contribution < 1.29 is 14.3 Å². The molecule has 2 heterocycles. The Bertz CT molecular complexity index is 1330. The lowest BCUT2D eigenvalue weighted by Crippen LogP contribution is -2.44. The van der Waals surface area contributed by atoms with Crippen molar-refractivity contribution in [2.24, 2.45) is 0 Å². The Morgan fingerprint density at radius 3 is 2.65 bits per heavy atom. The second kappa shape index (κ2) is 9.59. The lowest BCUT2D eigenvalue weighted by molar-refractivity contribution is -0.133. The van der Waals surface area contributed by atoms with Crippen molar-refractivity contribution in [3.05, 3.63) is 78.0 Å². The summed E-state index contributed by atoms with van der Waals surface area (Å²) in [7, 11) is 1.68. The summed E-state index contributed by atoms with van der Waals surface area (Å²) in [4.78, 5) is 30.5. The van der Waals surface area contributed by atoms with E-state index in [-0.39, 0.29) is 24.8 Å². The number of likely N-dealkylation sites (tertiary alicyclic amines) is 1. The zero-order valence-corrected chi connectivity index (χ0v) is 19.3. The number of fused-ring (bicyclic) bond motifs is 2. The molecule has 0 radical (unpaired) electrons. The van der Waals surface area contributed by atoms with Crippen LogP contribution in [0.1, 0.15) is 29.9 Å². The van der Waals surface area contributed by atoms with Crippen LogP contribution < -0.4 is 10.1 Å². The van der Waals surface area contributed by atoms with E-state index in [1.165, 1.54) is 10.9 Å². The van der Waals surface area contributed by atoms with Gasteiger partial charge in [0.15, 0.2) is 0 Å². The largest absolute Gasteiger partial charge is 0.497 e. The Morgan fingerprint density at radius 1 is 1.03 bits per heavy atom. The molecule has 5 rings (SSSR count). The van der Waals surface area contributed by atoms with Crippen molar-refractivity contribution >= 4 is 33.5 Å². The first kappa shape index (κ1) is 22.0. The summed E-state index contributed by atoms with van der Waals surface area (Å²) in [5.74, 6) is 1.09. The number of nitrogens with one attached hydrogen (secondary N) is 2. The van der Waals surface area contributed by atoms with E-state index in [0.717, 1.165) is 40.4 Å². The minimum atomic E-state index is -0.132. The van der Waals surface area contributed by atoms with Gasteiger partial charge in [0.1, 0.15) is 5.75 Å². The number of ether oxygens (including phenoxy) is 1. The molecule has 0 atom stereocenters. The molecule has 0 bridgehead atoms. The van der Waals surface area contributed by atoms with Crippen molar-refractivity contribution in [2.75, 3.05) is 26.7 Å². The Labute approximate surface area is 198 Å². The summed E-state index contributed by atoms with van der Waals surface area (Å²) in [6.07, 6.45) is 4.15. The number of aromatic nitrogens is 1. The zero-order valence-electron chi connectivity index (χ0n) is 19.3. The maximum absolute atomic E-state index is 12.7. The molecular formula is C28H29N3O3. The number of nitrogens with zero attached hydrogens (tertiary/aromatic N) is 1. The summed E-state index contributed by atoms with van der Waals surface area (Å²) in [6.45, 7) is 1.43.